The molecule has 0 saturated carbocycles. The van der Waals surface area contributed by atoms with E-state index < -0.39 is 0 Å². The fraction of sp³-hybridized carbons (Fsp3) is 0.353. The molecule has 0 aliphatic carbocycles. The van der Waals surface area contributed by atoms with E-state index >= 15 is 0 Å². The maximum absolute atomic E-state index is 11.9. The standard InChI is InChI=1S/C17H20N2O/c18-16(12-19-11-4-3-10-17(19)20)15-9-5-7-13-6-1-2-8-14(13)15/h1-2,5-9,16H,3-4,10-12,18H2. The van der Waals surface area contributed by atoms with Gasteiger partial charge in [0.15, 0.2) is 0 Å². The van der Waals surface area contributed by atoms with Crippen LogP contribution in [0.25, 0.3) is 10.8 Å². The first-order valence-corrected chi connectivity index (χ1v) is 7.27. The Morgan fingerprint density at radius 3 is 2.75 bits per heavy atom. The number of nitrogens with zero attached hydrogens (tertiary/aromatic N) is 1. The molecule has 1 heterocycles. The number of carbonyl (C=O) groups excluding carboxylic acids is 1. The van der Waals surface area contributed by atoms with Crippen LogP contribution in [-0.2, 0) is 4.79 Å². The van der Waals surface area contributed by atoms with Crippen molar-refractivity contribution in [3.63, 3.8) is 0 Å². The highest BCUT2D eigenvalue weighted by Gasteiger charge is 2.21. The summed E-state index contributed by atoms with van der Waals surface area (Å²) in [4.78, 5) is 13.8. The molecule has 1 saturated heterocycles. The van der Waals surface area contributed by atoms with Gasteiger partial charge in [-0.25, -0.2) is 0 Å². The molecule has 1 unspecified atom stereocenters. The highest BCUT2D eigenvalue weighted by atomic mass is 16.2. The summed E-state index contributed by atoms with van der Waals surface area (Å²) in [5.74, 6) is 0.243. The molecule has 1 aliphatic heterocycles. The second kappa shape index (κ2) is 5.63. The molecule has 0 radical (unpaired) electrons. The zero-order valence-corrected chi connectivity index (χ0v) is 11.6. The third-order valence-corrected chi connectivity index (χ3v) is 4.06. The lowest BCUT2D eigenvalue weighted by molar-refractivity contribution is -0.133. The molecule has 2 aromatic rings. The van der Waals surface area contributed by atoms with Gasteiger partial charge >= 0.3 is 0 Å². The summed E-state index contributed by atoms with van der Waals surface area (Å²) in [7, 11) is 0. The van der Waals surface area contributed by atoms with Gasteiger partial charge in [-0.15, -0.1) is 0 Å². The molecule has 2 aromatic carbocycles. The van der Waals surface area contributed by atoms with Crippen molar-refractivity contribution >= 4 is 16.7 Å². The fourth-order valence-corrected chi connectivity index (χ4v) is 2.96. The normalized spacial score (nSPS) is 17.4. The van der Waals surface area contributed by atoms with Gasteiger partial charge in [-0.3, -0.25) is 4.79 Å². The van der Waals surface area contributed by atoms with Gasteiger partial charge in [-0.1, -0.05) is 42.5 Å². The third-order valence-electron chi connectivity index (χ3n) is 4.06. The first-order chi connectivity index (χ1) is 9.75. The number of carbonyl (C=O) groups is 1. The number of rotatable bonds is 3. The molecule has 3 heteroatoms. The molecule has 1 amide bonds. The summed E-state index contributed by atoms with van der Waals surface area (Å²) in [6.07, 6.45) is 2.77. The lowest BCUT2D eigenvalue weighted by Crippen LogP contribution is -2.40. The highest BCUT2D eigenvalue weighted by molar-refractivity contribution is 5.86. The van der Waals surface area contributed by atoms with E-state index in [1.165, 1.54) is 10.8 Å². The second-order valence-corrected chi connectivity index (χ2v) is 5.47. The Morgan fingerprint density at radius 1 is 1.10 bits per heavy atom. The van der Waals surface area contributed by atoms with Gasteiger partial charge in [0.05, 0.1) is 0 Å². The Balaban J connectivity index is 1.85. The number of amides is 1. The number of nitrogens with two attached hydrogens (primary N) is 1. The second-order valence-electron chi connectivity index (χ2n) is 5.47. The minimum absolute atomic E-state index is 0.122. The number of benzene rings is 2. The van der Waals surface area contributed by atoms with Crippen LogP contribution < -0.4 is 5.73 Å². The average Bonchev–Trinajstić information content (AvgIpc) is 2.49. The monoisotopic (exact) mass is 268 g/mol. The molecule has 2 N–H and O–H groups in total. The molecule has 1 atom stereocenters. The molecule has 0 bridgehead atoms. The average molecular weight is 268 g/mol. The zero-order chi connectivity index (χ0) is 13.9. The van der Waals surface area contributed by atoms with Gasteiger partial charge in [-0.05, 0) is 29.2 Å². The van der Waals surface area contributed by atoms with Crippen LogP contribution in [0.15, 0.2) is 42.5 Å². The van der Waals surface area contributed by atoms with Gasteiger partial charge in [0, 0.05) is 25.6 Å². The van der Waals surface area contributed by atoms with Gasteiger partial charge in [0.25, 0.3) is 0 Å². The summed E-state index contributed by atoms with van der Waals surface area (Å²) >= 11 is 0. The summed E-state index contributed by atoms with van der Waals surface area (Å²) in [5, 5.41) is 2.39. The smallest absolute Gasteiger partial charge is 0.222 e. The Labute approximate surface area is 119 Å². The van der Waals surface area contributed by atoms with E-state index in [1.54, 1.807) is 0 Å². The quantitative estimate of drug-likeness (QED) is 0.930. The third kappa shape index (κ3) is 2.54. The van der Waals surface area contributed by atoms with E-state index in [0.717, 1.165) is 24.9 Å². The zero-order valence-electron chi connectivity index (χ0n) is 11.6. The number of fused-ring (bicyclic) bond motifs is 1. The summed E-state index contributed by atoms with van der Waals surface area (Å²) in [6, 6.07) is 14.3. The van der Waals surface area contributed by atoms with Gasteiger partial charge in [-0.2, -0.15) is 0 Å². The molecule has 104 valence electrons. The number of hydrogen-bond donors (Lipinski definition) is 1. The van der Waals surface area contributed by atoms with Crippen molar-refractivity contribution in [2.75, 3.05) is 13.1 Å². The molecule has 1 aliphatic rings. The summed E-state index contributed by atoms with van der Waals surface area (Å²) in [6.45, 7) is 1.46. The van der Waals surface area contributed by atoms with E-state index in [4.69, 9.17) is 5.73 Å². The minimum Gasteiger partial charge on any atom is -0.341 e. The van der Waals surface area contributed by atoms with Crippen molar-refractivity contribution in [3.8, 4) is 0 Å². The lowest BCUT2D eigenvalue weighted by Gasteiger charge is -2.29. The summed E-state index contributed by atoms with van der Waals surface area (Å²) in [5.41, 5.74) is 7.49. The first kappa shape index (κ1) is 13.1. The lowest BCUT2D eigenvalue weighted by atomic mass is 9.98. The van der Waals surface area contributed by atoms with E-state index in [2.05, 4.69) is 24.3 Å². The Morgan fingerprint density at radius 2 is 1.90 bits per heavy atom. The Hall–Kier alpha value is -1.87. The van der Waals surface area contributed by atoms with E-state index in [0.29, 0.717) is 13.0 Å². The molecular weight excluding hydrogens is 248 g/mol. The maximum Gasteiger partial charge on any atom is 0.222 e. The fourth-order valence-electron chi connectivity index (χ4n) is 2.96. The molecule has 3 rings (SSSR count). The highest BCUT2D eigenvalue weighted by Crippen LogP contribution is 2.24. The van der Waals surface area contributed by atoms with Crippen LogP contribution in [0.4, 0.5) is 0 Å². The van der Waals surface area contributed by atoms with Crippen molar-refractivity contribution in [1.29, 1.82) is 0 Å². The molecule has 3 nitrogen and oxygen atoms in total. The van der Waals surface area contributed by atoms with E-state index in [9.17, 15) is 4.79 Å². The largest absolute Gasteiger partial charge is 0.341 e. The summed E-state index contributed by atoms with van der Waals surface area (Å²) < 4.78 is 0. The molecule has 0 spiro atoms. The molecule has 1 fully saturated rings. The number of likely N-dealkylation sites (tertiary alicyclic amines) is 1. The van der Waals surface area contributed by atoms with Crippen molar-refractivity contribution in [2.45, 2.75) is 25.3 Å². The van der Waals surface area contributed by atoms with Crippen molar-refractivity contribution in [3.05, 3.63) is 48.0 Å². The first-order valence-electron chi connectivity index (χ1n) is 7.27. The van der Waals surface area contributed by atoms with Crippen molar-refractivity contribution in [1.82, 2.24) is 4.90 Å². The Kier molecular flexibility index (Phi) is 3.70. The van der Waals surface area contributed by atoms with Crippen LogP contribution in [0.5, 0.6) is 0 Å². The van der Waals surface area contributed by atoms with Gasteiger partial charge in [0.2, 0.25) is 5.91 Å². The van der Waals surface area contributed by atoms with Crippen LogP contribution in [0, 0.1) is 0 Å². The number of hydrogen-bond acceptors (Lipinski definition) is 2. The topological polar surface area (TPSA) is 46.3 Å². The number of piperidine rings is 1. The molecular formula is C17H20N2O. The maximum atomic E-state index is 11.9. The van der Waals surface area contributed by atoms with Crippen LogP contribution >= 0.6 is 0 Å². The van der Waals surface area contributed by atoms with Crippen molar-refractivity contribution in [2.24, 2.45) is 5.73 Å². The van der Waals surface area contributed by atoms with Crippen LogP contribution in [0.1, 0.15) is 30.9 Å². The van der Waals surface area contributed by atoms with Crippen LogP contribution in [-0.4, -0.2) is 23.9 Å². The van der Waals surface area contributed by atoms with Gasteiger partial charge < -0.3 is 10.6 Å². The van der Waals surface area contributed by atoms with Crippen LogP contribution in [0.2, 0.25) is 0 Å². The minimum atomic E-state index is -0.122. The Bertz CT molecular complexity index is 618. The molecule has 20 heavy (non-hydrogen) atoms. The van der Waals surface area contributed by atoms with Crippen LogP contribution in [0.3, 0.4) is 0 Å². The predicted molar refractivity (Wildman–Crippen MR) is 81.3 cm³/mol. The molecule has 0 aromatic heterocycles. The SMILES string of the molecule is NC(CN1CCCCC1=O)c1cccc2ccccc12. The van der Waals surface area contributed by atoms with Gasteiger partial charge in [0.1, 0.15) is 0 Å². The van der Waals surface area contributed by atoms with E-state index in [1.807, 2.05) is 23.1 Å². The predicted octanol–water partition coefficient (Wildman–Crippen LogP) is 2.85. The van der Waals surface area contributed by atoms with E-state index in [-0.39, 0.29) is 11.9 Å². The van der Waals surface area contributed by atoms with Crippen molar-refractivity contribution < 1.29 is 4.79 Å².